The smallest absolute Gasteiger partial charge is 0.135 e. The fourth-order valence-electron chi connectivity index (χ4n) is 0.847. The maximum absolute atomic E-state index is 3.88. The van der Waals surface area contributed by atoms with E-state index >= 15 is 0 Å². The van der Waals surface area contributed by atoms with E-state index in [0.717, 1.165) is 11.6 Å². The molecule has 2 aromatic rings. The fourth-order valence-corrected chi connectivity index (χ4v) is 0.847. The zero-order chi connectivity index (χ0) is 11.1. The second kappa shape index (κ2) is 5.90. The Balaban J connectivity index is 0.000000245. The highest BCUT2D eigenvalue weighted by Gasteiger charge is 1.93. The fraction of sp³-hybridized carbons (Fsp3) is 0.364. The van der Waals surface area contributed by atoms with Gasteiger partial charge in [0.05, 0.1) is 5.69 Å². The molecule has 0 saturated carbocycles. The van der Waals surface area contributed by atoms with E-state index in [1.54, 1.807) is 0 Å². The molecule has 0 radical (unpaired) electrons. The van der Waals surface area contributed by atoms with Gasteiger partial charge in [0.15, 0.2) is 6.33 Å². The van der Waals surface area contributed by atoms with Gasteiger partial charge in [0.25, 0.3) is 0 Å². The average Bonchev–Trinajstić information content (AvgIpc) is 2.71. The second-order valence-electron chi connectivity index (χ2n) is 3.79. The van der Waals surface area contributed by atoms with Gasteiger partial charge in [-0.1, -0.05) is 39.0 Å². The topological polar surface area (TPSA) is 43.6 Å². The molecule has 1 aromatic carbocycles. The van der Waals surface area contributed by atoms with E-state index in [1.807, 2.05) is 30.3 Å². The van der Waals surface area contributed by atoms with E-state index < -0.39 is 0 Å². The van der Waals surface area contributed by atoms with Crippen molar-refractivity contribution in [3.63, 3.8) is 0 Å². The Morgan fingerprint density at radius 2 is 1.67 bits per heavy atom. The lowest BCUT2D eigenvalue weighted by molar-refractivity contribution is 0.720. The Morgan fingerprint density at radius 1 is 1.07 bits per heavy atom. The summed E-state index contributed by atoms with van der Waals surface area (Å²) >= 11 is 0. The Labute approximate surface area is 89.9 Å². The van der Waals surface area contributed by atoms with Gasteiger partial charge in [-0.15, -0.1) is 15.0 Å². The predicted molar refractivity (Wildman–Crippen MR) is 59.7 cm³/mol. The minimum Gasteiger partial charge on any atom is -0.135 e. The summed E-state index contributed by atoms with van der Waals surface area (Å²) in [5.41, 5.74) is 0.921. The van der Waals surface area contributed by atoms with Crippen molar-refractivity contribution in [3.05, 3.63) is 36.7 Å². The molecular formula is C11H16N4. The molecule has 1 aromatic heterocycles. The summed E-state index contributed by atoms with van der Waals surface area (Å²) in [5.74, 6) is 0.833. The SMILES string of the molecule is CC(C)C.c1ccc(-n2ncnn2)cc1. The molecule has 0 unspecified atom stereocenters. The maximum Gasteiger partial charge on any atom is 0.162 e. The minimum absolute atomic E-state index is 0.833. The molecule has 15 heavy (non-hydrogen) atoms. The van der Waals surface area contributed by atoms with Crippen molar-refractivity contribution in [3.8, 4) is 5.69 Å². The first-order chi connectivity index (χ1) is 7.20. The Bertz CT molecular complexity index is 351. The van der Waals surface area contributed by atoms with E-state index in [4.69, 9.17) is 0 Å². The Hall–Kier alpha value is -1.71. The van der Waals surface area contributed by atoms with E-state index in [9.17, 15) is 0 Å². The summed E-state index contributed by atoms with van der Waals surface area (Å²) in [5, 5.41) is 11.2. The van der Waals surface area contributed by atoms with E-state index in [-0.39, 0.29) is 0 Å². The van der Waals surface area contributed by atoms with Crippen LogP contribution in [0, 0.1) is 5.92 Å². The van der Waals surface area contributed by atoms with Crippen LogP contribution >= 0.6 is 0 Å². The molecule has 0 amide bonds. The van der Waals surface area contributed by atoms with Gasteiger partial charge >= 0.3 is 0 Å². The highest BCUT2D eigenvalue weighted by molar-refractivity contribution is 5.27. The lowest BCUT2D eigenvalue weighted by Crippen LogP contribution is -1.97. The predicted octanol–water partition coefficient (Wildman–Crippen LogP) is 2.32. The molecule has 2 rings (SSSR count). The van der Waals surface area contributed by atoms with Crippen molar-refractivity contribution in [2.24, 2.45) is 5.92 Å². The van der Waals surface area contributed by atoms with Gasteiger partial charge in [0.2, 0.25) is 0 Å². The van der Waals surface area contributed by atoms with Crippen molar-refractivity contribution in [1.29, 1.82) is 0 Å². The molecule has 0 fully saturated rings. The van der Waals surface area contributed by atoms with Gasteiger partial charge in [0.1, 0.15) is 0 Å². The van der Waals surface area contributed by atoms with Crippen LogP contribution in [0.25, 0.3) is 5.69 Å². The Kier molecular flexibility index (Phi) is 4.47. The van der Waals surface area contributed by atoms with Crippen LogP contribution in [-0.4, -0.2) is 20.2 Å². The van der Waals surface area contributed by atoms with Gasteiger partial charge in [0, 0.05) is 0 Å². The summed E-state index contributed by atoms with van der Waals surface area (Å²) in [6.07, 6.45) is 1.41. The minimum atomic E-state index is 0.833. The molecule has 0 aliphatic carbocycles. The highest BCUT2D eigenvalue weighted by atomic mass is 15.6. The van der Waals surface area contributed by atoms with Gasteiger partial charge in [-0.25, -0.2) is 0 Å². The van der Waals surface area contributed by atoms with Crippen LogP contribution in [0.2, 0.25) is 0 Å². The van der Waals surface area contributed by atoms with Gasteiger partial charge in [-0.05, 0) is 23.3 Å². The van der Waals surface area contributed by atoms with Gasteiger partial charge < -0.3 is 0 Å². The van der Waals surface area contributed by atoms with Crippen LogP contribution < -0.4 is 0 Å². The third-order valence-electron chi connectivity index (χ3n) is 1.34. The number of nitrogens with zero attached hydrogens (tertiary/aromatic N) is 4. The number of rotatable bonds is 1. The van der Waals surface area contributed by atoms with E-state index in [0.29, 0.717) is 0 Å². The summed E-state index contributed by atoms with van der Waals surface area (Å²) in [6, 6.07) is 9.64. The van der Waals surface area contributed by atoms with Crippen molar-refractivity contribution in [1.82, 2.24) is 20.2 Å². The van der Waals surface area contributed by atoms with Gasteiger partial charge in [-0.3, -0.25) is 0 Å². The van der Waals surface area contributed by atoms with Crippen LogP contribution in [0.3, 0.4) is 0 Å². The lowest BCUT2D eigenvalue weighted by Gasteiger charge is -1.94. The summed E-state index contributed by atoms with van der Waals surface area (Å²) in [7, 11) is 0. The molecule has 4 nitrogen and oxygen atoms in total. The van der Waals surface area contributed by atoms with Crippen LogP contribution in [0.15, 0.2) is 36.7 Å². The number of tetrazole rings is 1. The van der Waals surface area contributed by atoms with Crippen LogP contribution in [0.1, 0.15) is 20.8 Å². The first kappa shape index (κ1) is 11.4. The van der Waals surface area contributed by atoms with Gasteiger partial charge in [-0.2, -0.15) is 0 Å². The molecule has 0 spiro atoms. The number of benzene rings is 1. The molecule has 0 atom stereocenters. The molecule has 1 heterocycles. The number of aromatic nitrogens is 4. The number of hydrogen-bond donors (Lipinski definition) is 0. The zero-order valence-electron chi connectivity index (χ0n) is 9.33. The molecule has 4 heteroatoms. The molecule has 0 aliphatic heterocycles. The normalized spacial score (nSPS) is 9.60. The molecule has 0 bridgehead atoms. The molecule has 80 valence electrons. The standard InChI is InChI=1S/C7H6N4.C4H10/c1-2-4-7(5-3-1)11-9-6-8-10-11;1-4(2)3/h1-6H;4H,1-3H3. The molecule has 0 saturated heterocycles. The first-order valence-corrected chi connectivity index (χ1v) is 4.98. The summed E-state index contributed by atoms with van der Waals surface area (Å²) < 4.78 is 0. The third kappa shape index (κ3) is 4.35. The lowest BCUT2D eigenvalue weighted by atomic mass is 10.3. The monoisotopic (exact) mass is 204 g/mol. The molecule has 0 aliphatic rings. The molecular weight excluding hydrogens is 188 g/mol. The number of hydrogen-bond acceptors (Lipinski definition) is 3. The third-order valence-corrected chi connectivity index (χ3v) is 1.34. The van der Waals surface area contributed by atoms with Crippen LogP contribution in [-0.2, 0) is 0 Å². The largest absolute Gasteiger partial charge is 0.162 e. The van der Waals surface area contributed by atoms with Crippen LogP contribution in [0.5, 0.6) is 0 Å². The highest BCUT2D eigenvalue weighted by Crippen LogP contribution is 2.00. The first-order valence-electron chi connectivity index (χ1n) is 4.98. The quantitative estimate of drug-likeness (QED) is 0.716. The Morgan fingerprint density at radius 3 is 2.13 bits per heavy atom. The second-order valence-corrected chi connectivity index (χ2v) is 3.79. The molecule has 0 N–H and O–H groups in total. The van der Waals surface area contributed by atoms with E-state index in [2.05, 4.69) is 36.2 Å². The number of para-hydroxylation sites is 1. The van der Waals surface area contributed by atoms with Crippen molar-refractivity contribution < 1.29 is 0 Å². The van der Waals surface area contributed by atoms with Crippen LogP contribution in [0.4, 0.5) is 0 Å². The average molecular weight is 204 g/mol. The van der Waals surface area contributed by atoms with Crippen molar-refractivity contribution >= 4 is 0 Å². The maximum atomic E-state index is 3.88. The van der Waals surface area contributed by atoms with Crippen molar-refractivity contribution in [2.75, 3.05) is 0 Å². The zero-order valence-corrected chi connectivity index (χ0v) is 9.33. The summed E-state index contributed by atoms with van der Waals surface area (Å²) in [4.78, 5) is 1.47. The summed E-state index contributed by atoms with van der Waals surface area (Å²) in [6.45, 7) is 6.50. The van der Waals surface area contributed by atoms with E-state index in [1.165, 1.54) is 11.1 Å². The van der Waals surface area contributed by atoms with Crippen molar-refractivity contribution in [2.45, 2.75) is 20.8 Å².